The fourth-order valence-electron chi connectivity index (χ4n) is 1.65. The lowest BCUT2D eigenvalue weighted by molar-refractivity contribution is -0.112. The summed E-state index contributed by atoms with van der Waals surface area (Å²) in [5, 5.41) is 5.99. The van der Waals surface area contributed by atoms with Crippen molar-refractivity contribution in [3.63, 3.8) is 0 Å². The van der Waals surface area contributed by atoms with Crippen molar-refractivity contribution < 1.29 is 9.53 Å². The van der Waals surface area contributed by atoms with E-state index < -0.39 is 0 Å². The van der Waals surface area contributed by atoms with Gasteiger partial charge in [-0.15, -0.1) is 0 Å². The molecule has 1 heterocycles. The molecule has 96 valence electrons. The molecule has 1 aromatic rings. The smallest absolute Gasteiger partial charge is 0.251 e. The summed E-state index contributed by atoms with van der Waals surface area (Å²) in [6.45, 7) is 3.46. The summed E-state index contributed by atoms with van der Waals surface area (Å²) in [6.07, 6.45) is 0. The third-order valence-electron chi connectivity index (χ3n) is 2.91. The molecule has 1 aliphatic heterocycles. The van der Waals surface area contributed by atoms with Gasteiger partial charge in [0.25, 0.3) is 5.91 Å². The third kappa shape index (κ3) is 2.91. The van der Waals surface area contributed by atoms with Gasteiger partial charge in [-0.05, 0) is 24.6 Å². The lowest BCUT2D eigenvalue weighted by Crippen LogP contribution is -2.36. The molecule has 2 N–H and O–H groups in total. The van der Waals surface area contributed by atoms with Crippen LogP contribution >= 0.6 is 15.9 Å². The standard InChI is InChI=1S/C13H15BrN2O2/c1-8(9-6-15-7-9)13(17)16-11-3-10(14)4-12(5-11)18-2/h3-5,15H,6-7H2,1-2H3,(H,16,17). The van der Waals surface area contributed by atoms with Crippen LogP contribution in [0, 0.1) is 0 Å². The van der Waals surface area contributed by atoms with Gasteiger partial charge in [0.2, 0.25) is 0 Å². The molecule has 0 aromatic heterocycles. The third-order valence-corrected chi connectivity index (χ3v) is 3.37. The van der Waals surface area contributed by atoms with E-state index in [1.807, 2.05) is 19.1 Å². The van der Waals surface area contributed by atoms with Crippen molar-refractivity contribution in [2.24, 2.45) is 0 Å². The minimum atomic E-state index is -0.0633. The molecular weight excluding hydrogens is 296 g/mol. The van der Waals surface area contributed by atoms with Crippen molar-refractivity contribution in [2.75, 3.05) is 25.5 Å². The average molecular weight is 311 g/mol. The number of hydrogen-bond acceptors (Lipinski definition) is 3. The summed E-state index contributed by atoms with van der Waals surface area (Å²) in [6, 6.07) is 5.48. The summed E-state index contributed by atoms with van der Waals surface area (Å²) < 4.78 is 6.02. The zero-order valence-corrected chi connectivity index (χ0v) is 11.9. The Bertz CT molecular complexity index is 506. The Balaban J connectivity index is 2.14. The van der Waals surface area contributed by atoms with Crippen LogP contribution in [0.5, 0.6) is 5.75 Å². The highest BCUT2D eigenvalue weighted by atomic mass is 79.9. The number of carbonyl (C=O) groups is 1. The average Bonchev–Trinajstić information content (AvgIpc) is 2.25. The van der Waals surface area contributed by atoms with Crippen molar-refractivity contribution in [2.45, 2.75) is 6.92 Å². The van der Waals surface area contributed by atoms with Crippen LogP contribution in [0.25, 0.3) is 0 Å². The predicted molar refractivity (Wildman–Crippen MR) is 74.9 cm³/mol. The lowest BCUT2D eigenvalue weighted by Gasteiger charge is -2.21. The van der Waals surface area contributed by atoms with Crippen LogP contribution in [0.3, 0.4) is 0 Å². The minimum Gasteiger partial charge on any atom is -0.497 e. The molecule has 1 saturated heterocycles. The van der Waals surface area contributed by atoms with Gasteiger partial charge < -0.3 is 15.4 Å². The molecule has 0 aliphatic carbocycles. The van der Waals surface area contributed by atoms with Crippen molar-refractivity contribution in [1.82, 2.24) is 5.32 Å². The van der Waals surface area contributed by atoms with E-state index in [1.165, 1.54) is 0 Å². The molecule has 1 amide bonds. The van der Waals surface area contributed by atoms with Crippen LogP contribution in [-0.4, -0.2) is 26.1 Å². The van der Waals surface area contributed by atoms with Gasteiger partial charge in [0.15, 0.2) is 0 Å². The Labute approximate surface area is 115 Å². The van der Waals surface area contributed by atoms with Gasteiger partial charge in [0, 0.05) is 34.9 Å². The highest BCUT2D eigenvalue weighted by Crippen LogP contribution is 2.25. The first-order valence-corrected chi connectivity index (χ1v) is 6.44. The number of anilines is 1. The number of hydrogen-bond donors (Lipinski definition) is 2. The molecule has 18 heavy (non-hydrogen) atoms. The number of benzene rings is 1. The zero-order valence-electron chi connectivity index (χ0n) is 10.3. The molecule has 0 unspecified atom stereocenters. The fraction of sp³-hybridized carbons (Fsp3) is 0.308. The summed E-state index contributed by atoms with van der Waals surface area (Å²) >= 11 is 3.38. The van der Waals surface area contributed by atoms with E-state index in [9.17, 15) is 4.79 Å². The molecule has 1 aromatic carbocycles. The molecule has 2 rings (SSSR count). The van der Waals surface area contributed by atoms with E-state index in [-0.39, 0.29) is 5.91 Å². The first-order chi connectivity index (χ1) is 8.60. The number of ether oxygens (including phenoxy) is 1. The lowest BCUT2D eigenvalue weighted by atomic mass is 10.0. The molecular formula is C13H15BrN2O2. The maximum atomic E-state index is 12.0. The van der Waals surface area contributed by atoms with Crippen LogP contribution in [0.4, 0.5) is 5.69 Å². The number of halogens is 1. The van der Waals surface area contributed by atoms with Gasteiger partial charge in [-0.3, -0.25) is 4.79 Å². The highest BCUT2D eigenvalue weighted by Gasteiger charge is 2.16. The zero-order chi connectivity index (χ0) is 13.1. The van der Waals surface area contributed by atoms with Crippen molar-refractivity contribution in [3.8, 4) is 5.75 Å². The highest BCUT2D eigenvalue weighted by molar-refractivity contribution is 9.10. The Kier molecular flexibility index (Phi) is 4.04. The number of rotatable bonds is 3. The molecule has 0 radical (unpaired) electrons. The van der Waals surface area contributed by atoms with Crippen LogP contribution in [0.2, 0.25) is 0 Å². The van der Waals surface area contributed by atoms with Gasteiger partial charge >= 0.3 is 0 Å². The Morgan fingerprint density at radius 2 is 2.11 bits per heavy atom. The van der Waals surface area contributed by atoms with Gasteiger partial charge in [-0.1, -0.05) is 15.9 Å². The maximum Gasteiger partial charge on any atom is 0.251 e. The Morgan fingerprint density at radius 1 is 1.39 bits per heavy atom. The van der Waals surface area contributed by atoms with Gasteiger partial charge in [0.05, 0.1) is 7.11 Å². The van der Waals surface area contributed by atoms with E-state index >= 15 is 0 Å². The summed E-state index contributed by atoms with van der Waals surface area (Å²) in [7, 11) is 1.60. The topological polar surface area (TPSA) is 50.4 Å². The number of carbonyl (C=O) groups excluding carboxylic acids is 1. The van der Waals surface area contributed by atoms with Crippen LogP contribution in [-0.2, 0) is 4.79 Å². The van der Waals surface area contributed by atoms with E-state index in [0.717, 1.165) is 34.4 Å². The molecule has 0 bridgehead atoms. The van der Waals surface area contributed by atoms with E-state index in [0.29, 0.717) is 5.75 Å². The van der Waals surface area contributed by atoms with Gasteiger partial charge in [0.1, 0.15) is 5.75 Å². The maximum absolute atomic E-state index is 12.0. The number of amides is 1. The van der Waals surface area contributed by atoms with Crippen LogP contribution in [0.1, 0.15) is 6.92 Å². The molecule has 0 saturated carbocycles. The van der Waals surface area contributed by atoms with Crippen molar-refractivity contribution in [3.05, 3.63) is 33.8 Å². The van der Waals surface area contributed by atoms with Gasteiger partial charge in [-0.2, -0.15) is 0 Å². The van der Waals surface area contributed by atoms with Crippen LogP contribution in [0.15, 0.2) is 33.8 Å². The second-order valence-electron chi connectivity index (χ2n) is 4.17. The minimum absolute atomic E-state index is 0.0633. The normalized spacial score (nSPS) is 13.8. The van der Waals surface area contributed by atoms with Gasteiger partial charge in [-0.25, -0.2) is 0 Å². The summed E-state index contributed by atoms with van der Waals surface area (Å²) in [5.74, 6) is 0.641. The van der Waals surface area contributed by atoms with Crippen molar-refractivity contribution in [1.29, 1.82) is 0 Å². The van der Waals surface area contributed by atoms with E-state index in [1.54, 1.807) is 13.2 Å². The molecule has 5 heteroatoms. The Hall–Kier alpha value is -1.33. The largest absolute Gasteiger partial charge is 0.497 e. The fourth-order valence-corrected chi connectivity index (χ4v) is 2.13. The molecule has 1 aliphatic rings. The molecule has 1 fully saturated rings. The molecule has 4 nitrogen and oxygen atoms in total. The SMILES string of the molecule is COc1cc(Br)cc(NC(=O)C(C)=C2CNC2)c1. The number of nitrogens with one attached hydrogen (secondary N) is 2. The molecule has 0 spiro atoms. The summed E-state index contributed by atoms with van der Waals surface area (Å²) in [4.78, 5) is 12.0. The second-order valence-corrected chi connectivity index (χ2v) is 5.08. The quantitative estimate of drug-likeness (QED) is 0.842. The van der Waals surface area contributed by atoms with E-state index in [2.05, 4.69) is 26.6 Å². The molecule has 0 atom stereocenters. The van der Waals surface area contributed by atoms with Crippen molar-refractivity contribution >= 4 is 27.5 Å². The Morgan fingerprint density at radius 3 is 2.67 bits per heavy atom. The number of methoxy groups -OCH3 is 1. The monoisotopic (exact) mass is 310 g/mol. The second kappa shape index (κ2) is 5.54. The predicted octanol–water partition coefficient (Wildman–Crippen LogP) is 2.32. The van der Waals surface area contributed by atoms with E-state index in [4.69, 9.17) is 4.74 Å². The summed E-state index contributed by atoms with van der Waals surface area (Å²) in [5.41, 5.74) is 2.67. The first-order valence-electron chi connectivity index (χ1n) is 5.65. The first kappa shape index (κ1) is 13.1. The van der Waals surface area contributed by atoms with Crippen LogP contribution < -0.4 is 15.4 Å².